The van der Waals surface area contributed by atoms with Crippen LogP contribution in [0.25, 0.3) is 0 Å². The molecule has 1 atom stereocenters. The van der Waals surface area contributed by atoms with Crippen molar-refractivity contribution >= 4 is 11.6 Å². The Kier molecular flexibility index (Phi) is 4.79. The van der Waals surface area contributed by atoms with Crippen LogP contribution in [0.2, 0.25) is 0 Å². The molecule has 0 N–H and O–H groups in total. The Bertz CT molecular complexity index is 145. The molecule has 0 aliphatic heterocycles. The summed E-state index contributed by atoms with van der Waals surface area (Å²) in [6.45, 7) is 13.6. The van der Waals surface area contributed by atoms with Crippen LogP contribution in [0.1, 0.15) is 60.8 Å². The lowest BCUT2D eigenvalue weighted by Crippen LogP contribution is -2.24. The maximum atomic E-state index is 6.33. The molecule has 0 saturated carbocycles. The Labute approximate surface area is 89.1 Å². The number of hydrogen-bond acceptors (Lipinski definition) is 0. The predicted molar refractivity (Wildman–Crippen MR) is 62.4 cm³/mol. The molecular weight excluding hydrogens is 180 g/mol. The molecule has 0 radical (unpaired) electrons. The fourth-order valence-electron chi connectivity index (χ4n) is 1.05. The molecule has 0 heterocycles. The van der Waals surface area contributed by atoms with Crippen molar-refractivity contribution < 1.29 is 0 Å². The van der Waals surface area contributed by atoms with Crippen molar-refractivity contribution in [2.45, 2.75) is 65.7 Å². The summed E-state index contributed by atoms with van der Waals surface area (Å²) in [7, 11) is 0. The van der Waals surface area contributed by atoms with Gasteiger partial charge in [-0.15, -0.1) is 11.6 Å². The number of halogens is 1. The molecule has 80 valence electrons. The van der Waals surface area contributed by atoms with Gasteiger partial charge in [0.2, 0.25) is 0 Å². The monoisotopic (exact) mass is 204 g/mol. The van der Waals surface area contributed by atoms with Crippen molar-refractivity contribution in [3.8, 4) is 0 Å². The Morgan fingerprint density at radius 3 is 1.85 bits per heavy atom. The number of alkyl halides is 1. The average Bonchev–Trinajstić information content (AvgIpc) is 2.01. The highest BCUT2D eigenvalue weighted by Gasteiger charge is 2.26. The minimum atomic E-state index is 0.00611. The first-order chi connectivity index (χ1) is 5.71. The number of hydrogen-bond donors (Lipinski definition) is 0. The van der Waals surface area contributed by atoms with Crippen molar-refractivity contribution in [1.82, 2.24) is 0 Å². The standard InChI is InChI=1S/C12H25Cl/c1-7-12(6,13)9-8-11(4,5)10(2)3/h10H,7-9H2,1-6H3. The second-order valence-electron chi connectivity index (χ2n) is 5.41. The summed E-state index contributed by atoms with van der Waals surface area (Å²) < 4.78 is 0. The van der Waals surface area contributed by atoms with Crippen LogP contribution in [0, 0.1) is 11.3 Å². The third kappa shape index (κ3) is 4.90. The van der Waals surface area contributed by atoms with Crippen molar-refractivity contribution in [2.75, 3.05) is 0 Å². The molecule has 0 saturated heterocycles. The van der Waals surface area contributed by atoms with Crippen molar-refractivity contribution in [3.63, 3.8) is 0 Å². The minimum absolute atomic E-state index is 0.00611. The second kappa shape index (κ2) is 4.68. The van der Waals surface area contributed by atoms with Gasteiger partial charge in [-0.05, 0) is 37.5 Å². The molecule has 0 aromatic heterocycles. The van der Waals surface area contributed by atoms with Gasteiger partial charge in [-0.3, -0.25) is 0 Å². The summed E-state index contributed by atoms with van der Waals surface area (Å²) >= 11 is 6.33. The summed E-state index contributed by atoms with van der Waals surface area (Å²) in [6.07, 6.45) is 3.40. The Balaban J connectivity index is 4.02. The van der Waals surface area contributed by atoms with Gasteiger partial charge < -0.3 is 0 Å². The maximum Gasteiger partial charge on any atom is 0.0416 e. The molecule has 0 rings (SSSR count). The van der Waals surface area contributed by atoms with E-state index in [9.17, 15) is 0 Å². The van der Waals surface area contributed by atoms with Crippen LogP contribution < -0.4 is 0 Å². The van der Waals surface area contributed by atoms with Gasteiger partial charge in [0.15, 0.2) is 0 Å². The zero-order valence-corrected chi connectivity index (χ0v) is 10.8. The normalized spacial score (nSPS) is 17.5. The molecule has 13 heavy (non-hydrogen) atoms. The summed E-state index contributed by atoms with van der Waals surface area (Å²) in [5, 5.41) is 0. The molecule has 0 aliphatic rings. The largest absolute Gasteiger partial charge is 0.120 e. The number of rotatable bonds is 5. The van der Waals surface area contributed by atoms with Crippen LogP contribution in [0.3, 0.4) is 0 Å². The molecule has 1 heteroatoms. The van der Waals surface area contributed by atoms with E-state index in [0.717, 1.165) is 18.8 Å². The van der Waals surface area contributed by atoms with Crippen molar-refractivity contribution in [2.24, 2.45) is 11.3 Å². The Hall–Kier alpha value is 0.290. The quantitative estimate of drug-likeness (QED) is 0.562. The Morgan fingerprint density at radius 2 is 1.54 bits per heavy atom. The molecule has 0 amide bonds. The van der Waals surface area contributed by atoms with Crippen LogP contribution in [-0.4, -0.2) is 4.87 Å². The van der Waals surface area contributed by atoms with Crippen LogP contribution in [0.4, 0.5) is 0 Å². The lowest BCUT2D eigenvalue weighted by atomic mass is 9.76. The highest BCUT2D eigenvalue weighted by atomic mass is 35.5. The van der Waals surface area contributed by atoms with Gasteiger partial charge >= 0.3 is 0 Å². The van der Waals surface area contributed by atoms with E-state index in [-0.39, 0.29) is 4.87 Å². The minimum Gasteiger partial charge on any atom is -0.120 e. The second-order valence-corrected chi connectivity index (χ2v) is 6.32. The smallest absolute Gasteiger partial charge is 0.0416 e. The van der Waals surface area contributed by atoms with Gasteiger partial charge in [0.25, 0.3) is 0 Å². The van der Waals surface area contributed by atoms with E-state index < -0.39 is 0 Å². The SMILES string of the molecule is CCC(C)(Cl)CCC(C)(C)C(C)C. The third-order valence-corrected chi connectivity index (χ3v) is 4.05. The van der Waals surface area contributed by atoms with E-state index in [4.69, 9.17) is 11.6 Å². The molecule has 0 aliphatic carbocycles. The summed E-state index contributed by atoms with van der Waals surface area (Å²) in [5.41, 5.74) is 0.422. The van der Waals surface area contributed by atoms with E-state index >= 15 is 0 Å². The van der Waals surface area contributed by atoms with Crippen molar-refractivity contribution in [1.29, 1.82) is 0 Å². The highest BCUT2D eigenvalue weighted by molar-refractivity contribution is 6.23. The lowest BCUT2D eigenvalue weighted by Gasteiger charge is -2.32. The summed E-state index contributed by atoms with van der Waals surface area (Å²) in [4.78, 5) is 0.00611. The van der Waals surface area contributed by atoms with E-state index in [2.05, 4.69) is 41.5 Å². The van der Waals surface area contributed by atoms with Gasteiger partial charge in [0, 0.05) is 4.87 Å². The highest BCUT2D eigenvalue weighted by Crippen LogP contribution is 2.36. The summed E-state index contributed by atoms with van der Waals surface area (Å²) in [6, 6.07) is 0. The topological polar surface area (TPSA) is 0 Å². The molecule has 0 aromatic carbocycles. The molecule has 0 spiro atoms. The van der Waals surface area contributed by atoms with Crippen LogP contribution in [0.15, 0.2) is 0 Å². The van der Waals surface area contributed by atoms with E-state index in [0.29, 0.717) is 5.41 Å². The lowest BCUT2D eigenvalue weighted by molar-refractivity contribution is 0.213. The molecule has 0 fully saturated rings. The molecular formula is C12H25Cl. The van der Waals surface area contributed by atoms with Crippen LogP contribution in [0.5, 0.6) is 0 Å². The molecule has 0 nitrogen and oxygen atoms in total. The van der Waals surface area contributed by atoms with E-state index in [1.54, 1.807) is 0 Å². The van der Waals surface area contributed by atoms with Crippen LogP contribution in [-0.2, 0) is 0 Å². The molecule has 1 unspecified atom stereocenters. The molecule has 0 aromatic rings. The van der Waals surface area contributed by atoms with Gasteiger partial charge in [-0.1, -0.05) is 34.6 Å². The van der Waals surface area contributed by atoms with Crippen molar-refractivity contribution in [3.05, 3.63) is 0 Å². The zero-order valence-electron chi connectivity index (χ0n) is 10.1. The fourth-order valence-corrected chi connectivity index (χ4v) is 1.14. The van der Waals surface area contributed by atoms with Gasteiger partial charge in [-0.2, -0.15) is 0 Å². The zero-order chi connectivity index (χ0) is 10.7. The van der Waals surface area contributed by atoms with Gasteiger partial charge in [0.1, 0.15) is 0 Å². The first kappa shape index (κ1) is 13.3. The van der Waals surface area contributed by atoms with Crippen LogP contribution >= 0.6 is 11.6 Å². The molecule has 0 bridgehead atoms. The van der Waals surface area contributed by atoms with E-state index in [1.807, 2.05) is 0 Å². The predicted octanol–water partition coefficient (Wildman–Crippen LogP) is 4.86. The van der Waals surface area contributed by atoms with Gasteiger partial charge in [0.05, 0.1) is 0 Å². The average molecular weight is 205 g/mol. The fraction of sp³-hybridized carbons (Fsp3) is 1.00. The third-order valence-electron chi connectivity index (χ3n) is 3.59. The summed E-state index contributed by atoms with van der Waals surface area (Å²) in [5.74, 6) is 0.733. The first-order valence-corrected chi connectivity index (χ1v) is 5.78. The van der Waals surface area contributed by atoms with E-state index in [1.165, 1.54) is 6.42 Å². The first-order valence-electron chi connectivity index (χ1n) is 5.40. The Morgan fingerprint density at radius 1 is 1.08 bits per heavy atom. The maximum absolute atomic E-state index is 6.33. The van der Waals surface area contributed by atoms with Gasteiger partial charge in [-0.25, -0.2) is 0 Å².